The molecular weight excluding hydrogens is 456 g/mol. The Morgan fingerprint density at radius 2 is 1.56 bits per heavy atom. The van der Waals surface area contributed by atoms with Crippen LogP contribution in [0, 0.1) is 0 Å². The summed E-state index contributed by atoms with van der Waals surface area (Å²) in [6.45, 7) is -0.778. The number of aromatic hydroxyl groups is 4. The van der Waals surface area contributed by atoms with Gasteiger partial charge in [0, 0.05) is 6.08 Å². The van der Waals surface area contributed by atoms with Gasteiger partial charge in [0.1, 0.15) is 18.0 Å². The van der Waals surface area contributed by atoms with Crippen LogP contribution in [-0.2, 0) is 19.0 Å². The Bertz CT molecular complexity index is 1040. The molecule has 1 aliphatic rings. The van der Waals surface area contributed by atoms with Gasteiger partial charge in [-0.2, -0.15) is 0 Å². The van der Waals surface area contributed by atoms with E-state index in [1.165, 1.54) is 30.3 Å². The highest BCUT2D eigenvalue weighted by atomic mass is 16.7. The largest absolute Gasteiger partial charge is 0.508 e. The van der Waals surface area contributed by atoms with Gasteiger partial charge in [-0.25, -0.2) is 9.59 Å². The third-order valence-electron chi connectivity index (χ3n) is 4.91. The lowest BCUT2D eigenvalue weighted by Gasteiger charge is -2.40. The zero-order valence-corrected chi connectivity index (χ0v) is 17.4. The number of carbonyl (C=O) groups is 2. The molecule has 0 bridgehead atoms. The molecule has 34 heavy (non-hydrogen) atoms. The lowest BCUT2D eigenvalue weighted by molar-refractivity contribution is -0.290. The van der Waals surface area contributed by atoms with Crippen LogP contribution < -0.4 is 0 Å². The van der Waals surface area contributed by atoms with Gasteiger partial charge in [-0.15, -0.1) is 0 Å². The Balaban J connectivity index is 1.73. The Hall–Kier alpha value is -3.84. The summed E-state index contributed by atoms with van der Waals surface area (Å²) in [5, 5.41) is 68.1. The lowest BCUT2D eigenvalue weighted by Crippen LogP contribution is -2.60. The SMILES string of the molecule is O=C(/C=C/c1ccc(O)cc1)O[C@@H]1O[C@H](CO)[C@@H](O)[C@H](OC(=O)c2cc(O)c(O)c(O)c2)[C@H]1O. The minimum Gasteiger partial charge on any atom is -0.508 e. The van der Waals surface area contributed by atoms with E-state index >= 15 is 0 Å². The fourth-order valence-corrected chi connectivity index (χ4v) is 3.11. The van der Waals surface area contributed by atoms with Gasteiger partial charge in [-0.05, 0) is 35.9 Å². The van der Waals surface area contributed by atoms with Gasteiger partial charge in [0.2, 0.25) is 6.29 Å². The fraction of sp³-hybridized carbons (Fsp3) is 0.273. The van der Waals surface area contributed by atoms with Gasteiger partial charge in [-0.1, -0.05) is 12.1 Å². The summed E-state index contributed by atoms with van der Waals surface area (Å²) in [4.78, 5) is 24.6. The third-order valence-corrected chi connectivity index (χ3v) is 4.91. The molecule has 7 N–H and O–H groups in total. The van der Waals surface area contributed by atoms with E-state index in [2.05, 4.69) is 0 Å². The van der Waals surface area contributed by atoms with Gasteiger partial charge in [0.05, 0.1) is 12.2 Å². The highest BCUT2D eigenvalue weighted by Gasteiger charge is 2.48. The highest BCUT2D eigenvalue weighted by molar-refractivity contribution is 5.91. The second-order valence-corrected chi connectivity index (χ2v) is 7.30. The number of aliphatic hydroxyl groups excluding tert-OH is 3. The molecule has 12 heteroatoms. The number of phenolic OH excluding ortho intramolecular Hbond substituents is 4. The van der Waals surface area contributed by atoms with Crippen LogP contribution in [0.4, 0.5) is 0 Å². The number of ether oxygens (including phenoxy) is 3. The first-order chi connectivity index (χ1) is 16.1. The average Bonchev–Trinajstić information content (AvgIpc) is 2.81. The molecule has 1 aliphatic heterocycles. The highest BCUT2D eigenvalue weighted by Crippen LogP contribution is 2.36. The summed E-state index contributed by atoms with van der Waals surface area (Å²) in [5.41, 5.74) is 0.125. The van der Waals surface area contributed by atoms with Crippen LogP contribution in [0.15, 0.2) is 42.5 Å². The molecule has 1 saturated heterocycles. The maximum absolute atomic E-state index is 12.4. The summed E-state index contributed by atoms with van der Waals surface area (Å²) >= 11 is 0. The van der Waals surface area contributed by atoms with E-state index in [0.29, 0.717) is 5.56 Å². The van der Waals surface area contributed by atoms with E-state index in [9.17, 15) is 45.3 Å². The summed E-state index contributed by atoms with van der Waals surface area (Å²) < 4.78 is 15.3. The van der Waals surface area contributed by atoms with E-state index in [1.54, 1.807) is 0 Å². The van der Waals surface area contributed by atoms with Crippen LogP contribution in [0.1, 0.15) is 15.9 Å². The summed E-state index contributed by atoms with van der Waals surface area (Å²) in [6.07, 6.45) is -6.13. The van der Waals surface area contributed by atoms with Crippen molar-refractivity contribution >= 4 is 18.0 Å². The lowest BCUT2D eigenvalue weighted by atomic mass is 9.99. The minimum absolute atomic E-state index is 0.0328. The molecule has 0 aromatic heterocycles. The van der Waals surface area contributed by atoms with Crippen LogP contribution in [0.5, 0.6) is 23.0 Å². The molecule has 3 rings (SSSR count). The molecule has 2 aromatic carbocycles. The zero-order chi connectivity index (χ0) is 25.0. The predicted octanol–water partition coefficient (Wildman–Crippen LogP) is -0.270. The van der Waals surface area contributed by atoms with Crippen LogP contribution in [0.3, 0.4) is 0 Å². The zero-order valence-electron chi connectivity index (χ0n) is 17.4. The van der Waals surface area contributed by atoms with Crippen molar-refractivity contribution < 1.29 is 59.5 Å². The van der Waals surface area contributed by atoms with E-state index in [4.69, 9.17) is 14.2 Å². The third kappa shape index (κ3) is 5.55. The van der Waals surface area contributed by atoms with Gasteiger partial charge in [0.25, 0.3) is 0 Å². The van der Waals surface area contributed by atoms with Crippen molar-refractivity contribution in [3.05, 3.63) is 53.6 Å². The Morgan fingerprint density at radius 1 is 0.941 bits per heavy atom. The van der Waals surface area contributed by atoms with E-state index in [1.807, 2.05) is 0 Å². The number of esters is 2. The molecule has 0 amide bonds. The molecule has 1 heterocycles. The Labute approximate surface area is 192 Å². The smallest absolute Gasteiger partial charge is 0.338 e. The van der Waals surface area contributed by atoms with Gasteiger partial charge in [0.15, 0.2) is 29.5 Å². The van der Waals surface area contributed by atoms with E-state index in [0.717, 1.165) is 18.2 Å². The summed E-state index contributed by atoms with van der Waals surface area (Å²) in [7, 11) is 0. The standard InChI is InChI=1S/C22H22O12/c23-9-15-18(29)20(34-21(31)11-7-13(25)17(28)14(26)8-11)19(30)22(32-15)33-16(27)6-3-10-1-4-12(24)5-2-10/h1-8,15,18-20,22-26,28-30H,9H2/b6-3+/t15-,18-,19-,20+,22+/m1/s1. The number of aliphatic hydroxyl groups is 3. The van der Waals surface area contributed by atoms with E-state index < -0.39 is 72.1 Å². The van der Waals surface area contributed by atoms with E-state index in [-0.39, 0.29) is 5.75 Å². The predicted molar refractivity (Wildman–Crippen MR) is 112 cm³/mol. The second kappa shape index (κ2) is 10.4. The van der Waals surface area contributed by atoms with Crippen molar-refractivity contribution in [2.24, 2.45) is 0 Å². The Morgan fingerprint density at radius 3 is 2.15 bits per heavy atom. The first-order valence-corrected chi connectivity index (χ1v) is 9.86. The van der Waals surface area contributed by atoms with Crippen LogP contribution in [0.2, 0.25) is 0 Å². The normalized spacial score (nSPS) is 24.6. The molecule has 2 aromatic rings. The van der Waals surface area contributed by atoms with Crippen molar-refractivity contribution in [1.29, 1.82) is 0 Å². The topological polar surface area (TPSA) is 203 Å². The van der Waals surface area contributed by atoms with Gasteiger partial charge >= 0.3 is 11.9 Å². The molecule has 1 fully saturated rings. The monoisotopic (exact) mass is 478 g/mol. The molecule has 12 nitrogen and oxygen atoms in total. The molecule has 0 unspecified atom stereocenters. The molecule has 0 spiro atoms. The first-order valence-electron chi connectivity index (χ1n) is 9.86. The fourth-order valence-electron chi connectivity index (χ4n) is 3.11. The number of rotatable bonds is 6. The molecular formula is C22H22O12. The van der Waals surface area contributed by atoms with Crippen LogP contribution in [-0.4, -0.2) is 85.0 Å². The number of hydrogen-bond donors (Lipinski definition) is 7. The molecule has 182 valence electrons. The number of hydrogen-bond acceptors (Lipinski definition) is 12. The van der Waals surface area contributed by atoms with Gasteiger partial charge in [-0.3, -0.25) is 0 Å². The van der Waals surface area contributed by atoms with Crippen LogP contribution in [0.25, 0.3) is 6.08 Å². The average molecular weight is 478 g/mol. The van der Waals surface area contributed by atoms with Gasteiger partial charge < -0.3 is 50.0 Å². The summed E-state index contributed by atoms with van der Waals surface area (Å²) in [6, 6.07) is 7.42. The second-order valence-electron chi connectivity index (χ2n) is 7.30. The quantitative estimate of drug-likeness (QED) is 0.163. The minimum atomic E-state index is -1.88. The molecule has 0 aliphatic carbocycles. The maximum atomic E-state index is 12.4. The molecule has 5 atom stereocenters. The van der Waals surface area contributed by atoms with Crippen molar-refractivity contribution in [2.75, 3.05) is 6.61 Å². The van der Waals surface area contributed by atoms with Crippen molar-refractivity contribution in [1.82, 2.24) is 0 Å². The van der Waals surface area contributed by atoms with Crippen molar-refractivity contribution in [3.8, 4) is 23.0 Å². The molecule has 0 saturated carbocycles. The van der Waals surface area contributed by atoms with Crippen molar-refractivity contribution in [2.45, 2.75) is 30.7 Å². The Kier molecular flexibility index (Phi) is 7.58. The molecule has 0 radical (unpaired) electrons. The number of phenols is 4. The van der Waals surface area contributed by atoms with Crippen LogP contribution >= 0.6 is 0 Å². The summed E-state index contributed by atoms with van der Waals surface area (Å²) in [5.74, 6) is -4.66. The first kappa shape index (κ1) is 24.8. The number of benzene rings is 2. The number of carbonyl (C=O) groups excluding carboxylic acids is 2. The maximum Gasteiger partial charge on any atom is 0.338 e. The van der Waals surface area contributed by atoms with Crippen molar-refractivity contribution in [3.63, 3.8) is 0 Å².